The number of likely N-dealkylation sites (tertiary alicyclic amines) is 1. The molecule has 1 aliphatic carbocycles. The summed E-state index contributed by atoms with van der Waals surface area (Å²) in [6.45, 7) is 5.72. The molecule has 2 bridgehead atoms. The molecule has 0 aromatic carbocycles. The first kappa shape index (κ1) is 17.6. The highest BCUT2D eigenvalue weighted by atomic mass is 16.6. The summed E-state index contributed by atoms with van der Waals surface area (Å²) in [5.41, 5.74) is -2.37. The molecule has 1 amide bonds. The molecule has 7 nitrogen and oxygen atoms in total. The maximum Gasteiger partial charge on any atom is 0.410 e. The number of rotatable bonds is 2. The number of methoxy groups -OCH3 is 2. The van der Waals surface area contributed by atoms with Crippen molar-refractivity contribution in [2.24, 2.45) is 10.8 Å². The summed E-state index contributed by atoms with van der Waals surface area (Å²) >= 11 is 0. The van der Waals surface area contributed by atoms with Crippen LogP contribution in [0.1, 0.15) is 40.0 Å². The van der Waals surface area contributed by atoms with Crippen molar-refractivity contribution in [2.45, 2.75) is 45.6 Å². The van der Waals surface area contributed by atoms with Crippen LogP contribution in [0.15, 0.2) is 0 Å². The summed E-state index contributed by atoms with van der Waals surface area (Å²) < 4.78 is 15.3. The molecule has 1 saturated heterocycles. The Kier molecular flexibility index (Phi) is 4.34. The van der Waals surface area contributed by atoms with Crippen molar-refractivity contribution >= 4 is 18.0 Å². The van der Waals surface area contributed by atoms with Crippen LogP contribution in [0.4, 0.5) is 4.79 Å². The second kappa shape index (κ2) is 5.69. The van der Waals surface area contributed by atoms with E-state index in [2.05, 4.69) is 0 Å². The molecule has 0 spiro atoms. The number of carbonyl (C=O) groups is 3. The normalized spacial score (nSPS) is 29.9. The van der Waals surface area contributed by atoms with Gasteiger partial charge in [0.2, 0.25) is 0 Å². The molecule has 7 heteroatoms. The minimum atomic E-state index is -0.863. The molecular formula is C16H25NO6. The Morgan fingerprint density at radius 1 is 0.913 bits per heavy atom. The molecule has 2 atom stereocenters. The first-order valence-electron chi connectivity index (χ1n) is 7.72. The fourth-order valence-corrected chi connectivity index (χ4v) is 3.73. The van der Waals surface area contributed by atoms with Gasteiger partial charge in [0.1, 0.15) is 5.60 Å². The molecular weight excluding hydrogens is 302 g/mol. The van der Waals surface area contributed by atoms with Crippen LogP contribution < -0.4 is 0 Å². The van der Waals surface area contributed by atoms with Crippen molar-refractivity contribution in [3.63, 3.8) is 0 Å². The predicted octanol–water partition coefficient (Wildman–Crippen LogP) is 1.74. The minimum absolute atomic E-state index is 0.202. The Morgan fingerprint density at radius 2 is 1.35 bits per heavy atom. The average molecular weight is 327 g/mol. The van der Waals surface area contributed by atoms with E-state index in [1.54, 1.807) is 20.8 Å². The van der Waals surface area contributed by atoms with Gasteiger partial charge in [0, 0.05) is 13.1 Å². The molecule has 2 rings (SSSR count). The van der Waals surface area contributed by atoms with E-state index < -0.39 is 34.5 Å². The van der Waals surface area contributed by atoms with E-state index in [1.165, 1.54) is 19.1 Å². The molecule has 1 saturated carbocycles. The second-order valence-corrected chi connectivity index (χ2v) is 7.56. The van der Waals surface area contributed by atoms with E-state index in [0.717, 1.165) is 0 Å². The number of amides is 1. The first-order valence-corrected chi connectivity index (χ1v) is 7.72. The number of hydrogen-bond acceptors (Lipinski definition) is 6. The molecule has 2 unspecified atom stereocenters. The molecule has 1 heterocycles. The molecule has 0 N–H and O–H groups in total. The highest BCUT2D eigenvalue weighted by molar-refractivity contribution is 5.85. The van der Waals surface area contributed by atoms with Gasteiger partial charge in [-0.15, -0.1) is 0 Å². The van der Waals surface area contributed by atoms with Crippen molar-refractivity contribution in [1.82, 2.24) is 4.90 Å². The monoisotopic (exact) mass is 327 g/mol. The van der Waals surface area contributed by atoms with Gasteiger partial charge in [-0.3, -0.25) is 9.59 Å². The number of ether oxygens (including phenoxy) is 3. The van der Waals surface area contributed by atoms with E-state index in [9.17, 15) is 14.4 Å². The third-order valence-corrected chi connectivity index (χ3v) is 4.63. The molecule has 0 aromatic heterocycles. The fraction of sp³-hybridized carbons (Fsp3) is 0.812. The van der Waals surface area contributed by atoms with Crippen molar-refractivity contribution in [1.29, 1.82) is 0 Å². The van der Waals surface area contributed by atoms with Gasteiger partial charge in [-0.25, -0.2) is 4.79 Å². The largest absolute Gasteiger partial charge is 0.469 e. The maximum atomic E-state index is 12.4. The zero-order chi connectivity index (χ0) is 17.5. The molecule has 0 aromatic rings. The summed E-state index contributed by atoms with van der Waals surface area (Å²) in [5.74, 6) is -0.784. The molecule has 1 aliphatic heterocycles. The number of nitrogens with zero attached hydrogens (tertiary/aromatic N) is 1. The lowest BCUT2D eigenvalue weighted by Crippen LogP contribution is -2.56. The fourth-order valence-electron chi connectivity index (χ4n) is 3.73. The lowest BCUT2D eigenvalue weighted by atomic mass is 9.75. The lowest BCUT2D eigenvalue weighted by molar-refractivity contribution is -0.162. The Balaban J connectivity index is 2.31. The van der Waals surface area contributed by atoms with Gasteiger partial charge >= 0.3 is 18.0 Å². The predicted molar refractivity (Wildman–Crippen MR) is 80.6 cm³/mol. The standard InChI is InChI=1S/C16H25NO6/c1-14(2,3)23-13(20)17-9-15(11(18)21-4)6-7-16(8-15,10-17)12(19)22-5/h6-10H2,1-5H3. The van der Waals surface area contributed by atoms with Gasteiger partial charge < -0.3 is 19.1 Å². The summed E-state index contributed by atoms with van der Waals surface area (Å²) in [7, 11) is 2.64. The van der Waals surface area contributed by atoms with Gasteiger partial charge in [0.15, 0.2) is 0 Å². The van der Waals surface area contributed by atoms with E-state index in [4.69, 9.17) is 14.2 Å². The van der Waals surface area contributed by atoms with Crippen molar-refractivity contribution < 1.29 is 28.6 Å². The molecule has 130 valence electrons. The van der Waals surface area contributed by atoms with Crippen LogP contribution in [-0.2, 0) is 23.8 Å². The summed E-state index contributed by atoms with van der Waals surface area (Å²) in [4.78, 5) is 38.5. The number of piperidine rings is 1. The average Bonchev–Trinajstić information content (AvgIpc) is 2.77. The SMILES string of the molecule is COC(=O)C12CCC(C(=O)OC)(CN(C(=O)OC(C)(C)C)C1)C2. The molecule has 2 fully saturated rings. The van der Waals surface area contributed by atoms with Gasteiger partial charge in [-0.05, 0) is 40.0 Å². The van der Waals surface area contributed by atoms with Crippen LogP contribution >= 0.6 is 0 Å². The minimum Gasteiger partial charge on any atom is -0.469 e. The van der Waals surface area contributed by atoms with Crippen LogP contribution in [0.2, 0.25) is 0 Å². The number of esters is 2. The topological polar surface area (TPSA) is 82.1 Å². The summed E-state index contributed by atoms with van der Waals surface area (Å²) in [6, 6.07) is 0. The Morgan fingerprint density at radius 3 is 1.70 bits per heavy atom. The van der Waals surface area contributed by atoms with E-state index in [-0.39, 0.29) is 13.1 Å². The summed E-state index contributed by atoms with van der Waals surface area (Å²) in [5, 5.41) is 0. The first-order chi connectivity index (χ1) is 10.6. The second-order valence-electron chi connectivity index (χ2n) is 7.56. The molecule has 2 aliphatic rings. The molecule has 0 radical (unpaired) electrons. The number of hydrogen-bond donors (Lipinski definition) is 0. The van der Waals surface area contributed by atoms with Crippen molar-refractivity contribution in [2.75, 3.05) is 27.3 Å². The Hall–Kier alpha value is -1.79. The summed E-state index contributed by atoms with van der Waals surface area (Å²) in [6.07, 6.45) is 0.807. The van der Waals surface area contributed by atoms with Crippen LogP contribution in [0, 0.1) is 10.8 Å². The van der Waals surface area contributed by atoms with Crippen molar-refractivity contribution in [3.05, 3.63) is 0 Å². The van der Waals surface area contributed by atoms with Crippen LogP contribution in [0.25, 0.3) is 0 Å². The highest BCUT2D eigenvalue weighted by Crippen LogP contribution is 2.55. The zero-order valence-corrected chi connectivity index (χ0v) is 14.4. The van der Waals surface area contributed by atoms with Gasteiger partial charge in [0.05, 0.1) is 25.0 Å². The van der Waals surface area contributed by atoms with E-state index in [1.807, 2.05) is 0 Å². The van der Waals surface area contributed by atoms with Crippen LogP contribution in [0.5, 0.6) is 0 Å². The van der Waals surface area contributed by atoms with Gasteiger partial charge in [0.25, 0.3) is 0 Å². The maximum absolute atomic E-state index is 12.4. The quantitative estimate of drug-likeness (QED) is 0.567. The van der Waals surface area contributed by atoms with Gasteiger partial charge in [-0.2, -0.15) is 0 Å². The highest BCUT2D eigenvalue weighted by Gasteiger charge is 2.62. The third kappa shape index (κ3) is 3.14. The third-order valence-electron chi connectivity index (χ3n) is 4.63. The van der Waals surface area contributed by atoms with Crippen LogP contribution in [-0.4, -0.2) is 55.8 Å². The number of fused-ring (bicyclic) bond motifs is 2. The van der Waals surface area contributed by atoms with E-state index in [0.29, 0.717) is 19.3 Å². The van der Waals surface area contributed by atoms with Crippen LogP contribution in [0.3, 0.4) is 0 Å². The zero-order valence-electron chi connectivity index (χ0n) is 14.4. The Bertz CT molecular complexity index is 493. The Labute approximate surface area is 136 Å². The lowest BCUT2D eigenvalue weighted by Gasteiger charge is -2.42. The van der Waals surface area contributed by atoms with E-state index >= 15 is 0 Å². The molecule has 23 heavy (non-hydrogen) atoms. The smallest absolute Gasteiger partial charge is 0.410 e. The van der Waals surface area contributed by atoms with Gasteiger partial charge in [-0.1, -0.05) is 0 Å². The van der Waals surface area contributed by atoms with Crippen molar-refractivity contribution in [3.8, 4) is 0 Å². The number of carbonyl (C=O) groups excluding carboxylic acids is 3.